The van der Waals surface area contributed by atoms with Crippen LogP contribution in [0.2, 0.25) is 5.02 Å². The first-order valence-electron chi connectivity index (χ1n) is 6.42. The molecular formula is C15H13ClFNO2S. The van der Waals surface area contributed by atoms with Crippen LogP contribution in [0.5, 0.6) is 0 Å². The van der Waals surface area contributed by atoms with Gasteiger partial charge in [0, 0.05) is 17.0 Å². The molecule has 0 saturated heterocycles. The Bertz CT molecular complexity index is 759. The second-order valence-corrected chi connectivity index (χ2v) is 7.66. The smallest absolute Gasteiger partial charge is 0.183 e. The zero-order chi connectivity index (χ0) is 15.2. The molecular weight excluding hydrogens is 313 g/mol. The van der Waals surface area contributed by atoms with E-state index < -0.39 is 21.1 Å². The number of hydrogen-bond donors (Lipinski definition) is 1. The molecule has 0 bridgehead atoms. The summed E-state index contributed by atoms with van der Waals surface area (Å²) in [5.74, 6) is -0.656. The van der Waals surface area contributed by atoms with E-state index in [0.29, 0.717) is 5.02 Å². The van der Waals surface area contributed by atoms with Gasteiger partial charge in [-0.1, -0.05) is 23.7 Å². The van der Waals surface area contributed by atoms with Crippen LogP contribution in [-0.4, -0.2) is 19.7 Å². The monoisotopic (exact) mass is 325 g/mol. The average molecular weight is 326 g/mol. The average Bonchev–Trinajstić information content (AvgIpc) is 3.12. The minimum Gasteiger partial charge on any atom is -0.326 e. The molecule has 2 aromatic rings. The molecule has 0 radical (unpaired) electrons. The molecule has 21 heavy (non-hydrogen) atoms. The quantitative estimate of drug-likeness (QED) is 0.944. The van der Waals surface area contributed by atoms with Crippen LogP contribution in [0.15, 0.2) is 53.4 Å². The molecule has 3 atom stereocenters. The third-order valence-electron chi connectivity index (χ3n) is 3.76. The van der Waals surface area contributed by atoms with Crippen molar-refractivity contribution >= 4 is 21.4 Å². The van der Waals surface area contributed by atoms with Gasteiger partial charge >= 0.3 is 0 Å². The summed E-state index contributed by atoms with van der Waals surface area (Å²) < 4.78 is 38.1. The van der Waals surface area contributed by atoms with Crippen molar-refractivity contribution in [3.8, 4) is 0 Å². The SMILES string of the molecule is N[C@@H]1[C@H](c2ccc(F)cc2)[C@H]1S(=O)(=O)c1ccc(Cl)cc1. The fraction of sp³-hybridized carbons (Fsp3) is 0.200. The summed E-state index contributed by atoms with van der Waals surface area (Å²) in [6.07, 6.45) is 0. The van der Waals surface area contributed by atoms with E-state index in [9.17, 15) is 12.8 Å². The van der Waals surface area contributed by atoms with Crippen molar-refractivity contribution in [2.45, 2.75) is 22.1 Å². The van der Waals surface area contributed by atoms with E-state index in [1.54, 1.807) is 12.1 Å². The summed E-state index contributed by atoms with van der Waals surface area (Å²) in [5, 5.41) is -0.201. The first-order chi connectivity index (χ1) is 9.91. The molecule has 1 saturated carbocycles. The third-order valence-corrected chi connectivity index (χ3v) is 6.27. The fourth-order valence-electron chi connectivity index (χ4n) is 2.58. The van der Waals surface area contributed by atoms with Crippen LogP contribution in [0.4, 0.5) is 4.39 Å². The summed E-state index contributed by atoms with van der Waals surface area (Å²) in [5.41, 5.74) is 6.68. The van der Waals surface area contributed by atoms with Crippen LogP contribution >= 0.6 is 11.6 Å². The van der Waals surface area contributed by atoms with Gasteiger partial charge in [-0.25, -0.2) is 12.8 Å². The molecule has 0 spiro atoms. The Morgan fingerprint density at radius 3 is 2.14 bits per heavy atom. The van der Waals surface area contributed by atoms with Crippen molar-refractivity contribution < 1.29 is 12.8 Å². The summed E-state index contributed by atoms with van der Waals surface area (Å²) >= 11 is 5.77. The molecule has 1 fully saturated rings. The second-order valence-electron chi connectivity index (χ2n) is 5.12. The van der Waals surface area contributed by atoms with Crippen LogP contribution in [-0.2, 0) is 9.84 Å². The van der Waals surface area contributed by atoms with E-state index >= 15 is 0 Å². The maximum absolute atomic E-state index is 12.9. The van der Waals surface area contributed by atoms with E-state index in [-0.39, 0.29) is 16.6 Å². The molecule has 2 aromatic carbocycles. The number of hydrogen-bond acceptors (Lipinski definition) is 3. The highest BCUT2D eigenvalue weighted by Crippen LogP contribution is 2.47. The van der Waals surface area contributed by atoms with Crippen molar-refractivity contribution in [2.24, 2.45) is 5.73 Å². The largest absolute Gasteiger partial charge is 0.326 e. The Labute approximate surface area is 127 Å². The van der Waals surface area contributed by atoms with Crippen molar-refractivity contribution in [2.75, 3.05) is 0 Å². The summed E-state index contributed by atoms with van der Waals surface area (Å²) in [6, 6.07) is 11.3. The Kier molecular flexibility index (Phi) is 3.51. The van der Waals surface area contributed by atoms with Crippen LogP contribution in [0, 0.1) is 5.82 Å². The number of nitrogens with two attached hydrogens (primary N) is 1. The zero-order valence-corrected chi connectivity index (χ0v) is 12.5. The van der Waals surface area contributed by atoms with Crippen LogP contribution in [0.25, 0.3) is 0 Å². The highest BCUT2D eigenvalue weighted by Gasteiger charge is 2.57. The molecule has 6 heteroatoms. The normalized spacial score (nSPS) is 24.8. The standard InChI is InChI=1S/C15H13ClFNO2S/c16-10-3-7-12(8-4-10)21(19,20)15-13(14(15)18)9-1-5-11(17)6-2-9/h1-8,13-15H,18H2/t13-,14+,15+/m0/s1. The molecule has 2 N–H and O–H groups in total. The number of halogens is 2. The van der Waals surface area contributed by atoms with Gasteiger partial charge in [-0.2, -0.15) is 0 Å². The Balaban J connectivity index is 1.91. The van der Waals surface area contributed by atoms with Gasteiger partial charge in [0.25, 0.3) is 0 Å². The topological polar surface area (TPSA) is 60.2 Å². The summed E-state index contributed by atoms with van der Waals surface area (Å²) in [7, 11) is -3.52. The van der Waals surface area contributed by atoms with E-state index in [4.69, 9.17) is 17.3 Å². The maximum Gasteiger partial charge on any atom is 0.183 e. The lowest BCUT2D eigenvalue weighted by atomic mass is 10.1. The van der Waals surface area contributed by atoms with Crippen LogP contribution in [0.3, 0.4) is 0 Å². The number of benzene rings is 2. The summed E-state index contributed by atoms with van der Waals surface area (Å²) in [6.45, 7) is 0. The molecule has 110 valence electrons. The van der Waals surface area contributed by atoms with E-state index in [2.05, 4.69) is 0 Å². The third kappa shape index (κ3) is 2.57. The van der Waals surface area contributed by atoms with Crippen molar-refractivity contribution in [3.63, 3.8) is 0 Å². The first kappa shape index (κ1) is 14.5. The van der Waals surface area contributed by atoms with Crippen molar-refractivity contribution in [1.82, 2.24) is 0 Å². The van der Waals surface area contributed by atoms with Gasteiger partial charge in [0.1, 0.15) is 5.82 Å². The van der Waals surface area contributed by atoms with Gasteiger partial charge in [0.15, 0.2) is 9.84 Å². The second kappa shape index (κ2) is 5.09. The molecule has 3 rings (SSSR count). The van der Waals surface area contributed by atoms with Gasteiger partial charge in [-0.3, -0.25) is 0 Å². The predicted octanol–water partition coefficient (Wildman–Crippen LogP) is 2.75. The minimum atomic E-state index is -3.52. The van der Waals surface area contributed by atoms with E-state index in [0.717, 1.165) is 5.56 Å². The Morgan fingerprint density at radius 2 is 1.57 bits per heavy atom. The van der Waals surface area contributed by atoms with E-state index in [1.165, 1.54) is 36.4 Å². The minimum absolute atomic E-state index is 0.206. The fourth-order valence-corrected chi connectivity index (χ4v) is 4.76. The van der Waals surface area contributed by atoms with Gasteiger partial charge < -0.3 is 5.73 Å². The predicted molar refractivity (Wildman–Crippen MR) is 79.5 cm³/mol. The molecule has 0 unspecified atom stereocenters. The molecule has 1 aliphatic rings. The van der Waals surface area contributed by atoms with Gasteiger partial charge in [0.05, 0.1) is 10.1 Å². The number of sulfone groups is 1. The highest BCUT2D eigenvalue weighted by molar-refractivity contribution is 7.92. The number of rotatable bonds is 3. The van der Waals surface area contributed by atoms with Crippen LogP contribution in [0.1, 0.15) is 11.5 Å². The van der Waals surface area contributed by atoms with Gasteiger partial charge in [-0.15, -0.1) is 0 Å². The highest BCUT2D eigenvalue weighted by atomic mass is 35.5. The van der Waals surface area contributed by atoms with Gasteiger partial charge in [0.2, 0.25) is 0 Å². The first-order valence-corrected chi connectivity index (χ1v) is 8.34. The lowest BCUT2D eigenvalue weighted by Gasteiger charge is -2.04. The van der Waals surface area contributed by atoms with Crippen molar-refractivity contribution in [1.29, 1.82) is 0 Å². The van der Waals surface area contributed by atoms with E-state index in [1.807, 2.05) is 0 Å². The lowest BCUT2D eigenvalue weighted by Crippen LogP contribution is -2.15. The molecule has 3 nitrogen and oxygen atoms in total. The van der Waals surface area contributed by atoms with Crippen LogP contribution < -0.4 is 5.73 Å². The molecule has 0 amide bonds. The lowest BCUT2D eigenvalue weighted by molar-refractivity contribution is 0.593. The molecule has 1 aliphatic carbocycles. The Morgan fingerprint density at radius 1 is 1.00 bits per heavy atom. The van der Waals surface area contributed by atoms with Gasteiger partial charge in [-0.05, 0) is 42.0 Å². The van der Waals surface area contributed by atoms with Crippen molar-refractivity contribution in [3.05, 3.63) is 64.9 Å². The molecule has 0 aliphatic heterocycles. The summed E-state index contributed by atoms with van der Waals surface area (Å²) in [4.78, 5) is 0.206. The zero-order valence-electron chi connectivity index (χ0n) is 10.9. The molecule has 0 heterocycles. The molecule has 0 aromatic heterocycles. The Hall–Kier alpha value is -1.43. The maximum atomic E-state index is 12.9.